The molecule has 0 bridgehead atoms. The molecule has 8 nitrogen and oxygen atoms in total. The normalized spacial score (nSPS) is 13.0. The Morgan fingerprint density at radius 2 is 1.73 bits per heavy atom. The Kier molecular flexibility index (Phi) is 7.78. The van der Waals surface area contributed by atoms with Crippen LogP contribution in [0.25, 0.3) is 6.08 Å². The maximum absolute atomic E-state index is 13.0. The minimum Gasteiger partial charge on any atom is -0.497 e. The van der Waals surface area contributed by atoms with Gasteiger partial charge in [-0.1, -0.05) is 40.2 Å². The van der Waals surface area contributed by atoms with Gasteiger partial charge in [0.05, 0.1) is 7.11 Å². The van der Waals surface area contributed by atoms with Crippen LogP contribution in [0, 0.1) is 0 Å². The van der Waals surface area contributed by atoms with Crippen LogP contribution in [0.2, 0.25) is 0 Å². The average molecular weight is 514 g/mol. The topological polar surface area (TPSA) is 99.2 Å². The van der Waals surface area contributed by atoms with E-state index in [2.05, 4.69) is 15.9 Å². The highest BCUT2D eigenvalue weighted by Gasteiger charge is 2.23. The van der Waals surface area contributed by atoms with Gasteiger partial charge in [0.2, 0.25) is 0 Å². The van der Waals surface area contributed by atoms with E-state index in [-0.39, 0.29) is 24.5 Å². The molecule has 33 heavy (non-hydrogen) atoms. The third-order valence-electron chi connectivity index (χ3n) is 4.57. The molecule has 9 heteroatoms. The van der Waals surface area contributed by atoms with Gasteiger partial charge in [0, 0.05) is 36.2 Å². The van der Waals surface area contributed by atoms with Crippen LogP contribution >= 0.6 is 15.9 Å². The first-order chi connectivity index (χ1) is 15.8. The largest absolute Gasteiger partial charge is 0.497 e. The number of carbonyl (C=O) groups is 4. The van der Waals surface area contributed by atoms with E-state index in [1.54, 1.807) is 24.3 Å². The van der Waals surface area contributed by atoms with Gasteiger partial charge < -0.3 is 14.2 Å². The zero-order valence-corrected chi connectivity index (χ0v) is 19.5. The van der Waals surface area contributed by atoms with Gasteiger partial charge in [-0.25, -0.2) is 4.79 Å². The zero-order chi connectivity index (χ0) is 24.0. The predicted octanol–water partition coefficient (Wildman–Crippen LogP) is 3.68. The van der Waals surface area contributed by atoms with Crippen molar-refractivity contribution in [2.45, 2.75) is 13.5 Å². The van der Waals surface area contributed by atoms with E-state index in [1.807, 2.05) is 12.1 Å². The molecule has 2 aromatic rings. The maximum atomic E-state index is 13.0. The molecule has 0 unspecified atom stereocenters. The van der Waals surface area contributed by atoms with Crippen molar-refractivity contribution < 1.29 is 33.4 Å². The lowest BCUT2D eigenvalue weighted by atomic mass is 10.0. The molecule has 3 rings (SSSR count). The monoisotopic (exact) mass is 513 g/mol. The minimum absolute atomic E-state index is 0.00183. The Morgan fingerprint density at radius 3 is 2.33 bits per heavy atom. The highest BCUT2D eigenvalue weighted by Crippen LogP contribution is 2.31. The van der Waals surface area contributed by atoms with Crippen molar-refractivity contribution in [3.8, 4) is 11.5 Å². The van der Waals surface area contributed by atoms with Crippen molar-refractivity contribution in [1.29, 1.82) is 0 Å². The summed E-state index contributed by atoms with van der Waals surface area (Å²) in [4.78, 5) is 49.2. The van der Waals surface area contributed by atoms with Gasteiger partial charge in [0.15, 0.2) is 0 Å². The summed E-state index contributed by atoms with van der Waals surface area (Å²) in [7, 11) is 1.43. The molecule has 0 saturated carbocycles. The molecule has 0 fully saturated rings. The summed E-state index contributed by atoms with van der Waals surface area (Å²) < 4.78 is 16.8. The fraction of sp³-hybridized carbons (Fsp3) is 0.167. The van der Waals surface area contributed by atoms with E-state index < -0.39 is 23.8 Å². The molecule has 2 aromatic carbocycles. The maximum Gasteiger partial charge on any atom is 0.342 e. The van der Waals surface area contributed by atoms with E-state index in [0.717, 1.165) is 14.9 Å². The number of hydrogen-bond acceptors (Lipinski definition) is 7. The number of ether oxygens (including phenoxy) is 3. The Labute approximate surface area is 198 Å². The first kappa shape index (κ1) is 23.9. The molecular weight excluding hydrogens is 494 g/mol. The van der Waals surface area contributed by atoms with E-state index in [4.69, 9.17) is 14.2 Å². The van der Waals surface area contributed by atoms with E-state index in [9.17, 15) is 19.2 Å². The smallest absolute Gasteiger partial charge is 0.342 e. The number of halogens is 1. The fourth-order valence-electron chi connectivity index (χ4n) is 3.01. The fourth-order valence-corrected chi connectivity index (χ4v) is 3.28. The van der Waals surface area contributed by atoms with Gasteiger partial charge in [-0.15, -0.1) is 0 Å². The number of methoxy groups -OCH3 is 1. The lowest BCUT2D eigenvalue weighted by Gasteiger charge is -2.15. The number of amides is 2. The number of hydrogen-bond donors (Lipinski definition) is 0. The molecule has 0 spiro atoms. The van der Waals surface area contributed by atoms with E-state index >= 15 is 0 Å². The van der Waals surface area contributed by atoms with Crippen molar-refractivity contribution in [3.05, 3.63) is 75.8 Å². The van der Waals surface area contributed by atoms with Crippen LogP contribution in [0.5, 0.6) is 11.5 Å². The Bertz CT molecular complexity index is 1130. The number of benzene rings is 2. The van der Waals surface area contributed by atoms with Crippen molar-refractivity contribution in [3.63, 3.8) is 0 Å². The second kappa shape index (κ2) is 10.7. The molecule has 170 valence electrons. The van der Waals surface area contributed by atoms with Crippen LogP contribution in [0.4, 0.5) is 0 Å². The molecule has 0 radical (unpaired) electrons. The Hall–Kier alpha value is -3.72. The van der Waals surface area contributed by atoms with Crippen LogP contribution in [0.1, 0.15) is 28.4 Å². The molecular formula is C24H20BrNO7. The van der Waals surface area contributed by atoms with Gasteiger partial charge in [-0.3, -0.25) is 19.3 Å². The quantitative estimate of drug-likeness (QED) is 0.301. The van der Waals surface area contributed by atoms with E-state index in [0.29, 0.717) is 11.3 Å². The second-order valence-corrected chi connectivity index (χ2v) is 7.82. The van der Waals surface area contributed by atoms with Crippen LogP contribution in [-0.4, -0.2) is 42.3 Å². The molecule has 0 aromatic heterocycles. The van der Waals surface area contributed by atoms with Gasteiger partial charge in [-0.2, -0.15) is 0 Å². The predicted molar refractivity (Wildman–Crippen MR) is 122 cm³/mol. The molecule has 0 aliphatic carbocycles. The van der Waals surface area contributed by atoms with Crippen LogP contribution in [0.3, 0.4) is 0 Å². The number of esters is 2. The van der Waals surface area contributed by atoms with Crippen LogP contribution in [0.15, 0.2) is 59.1 Å². The molecule has 1 heterocycles. The number of rotatable bonds is 8. The lowest BCUT2D eigenvalue weighted by Crippen LogP contribution is -2.29. The Balaban J connectivity index is 1.90. The Morgan fingerprint density at radius 1 is 1.06 bits per heavy atom. The molecule has 0 saturated heterocycles. The number of carbonyl (C=O) groups excluding carboxylic acids is 4. The average Bonchev–Trinajstić information content (AvgIpc) is 3.10. The van der Waals surface area contributed by atoms with Crippen LogP contribution < -0.4 is 9.47 Å². The summed E-state index contributed by atoms with van der Waals surface area (Å²) in [6, 6.07) is 10.2. The summed E-state index contributed by atoms with van der Waals surface area (Å²) in [5.41, 5.74) is 1.11. The summed E-state index contributed by atoms with van der Waals surface area (Å²) in [6.45, 7) is 1.21. The highest BCUT2D eigenvalue weighted by atomic mass is 79.9. The SMILES string of the molecule is COc1cc(/C=C/CN2C(=O)C=CC2=O)c(C(=O)OCc2ccc(Br)cc2)c(OC(C)=O)c1. The number of nitrogens with zero attached hydrogens (tertiary/aromatic N) is 1. The number of imide groups is 1. The third-order valence-corrected chi connectivity index (χ3v) is 5.10. The minimum atomic E-state index is -0.716. The van der Waals surface area contributed by atoms with Gasteiger partial charge in [0.25, 0.3) is 11.8 Å². The molecule has 0 atom stereocenters. The van der Waals surface area contributed by atoms with Gasteiger partial charge >= 0.3 is 11.9 Å². The second-order valence-electron chi connectivity index (χ2n) is 6.91. The van der Waals surface area contributed by atoms with Crippen molar-refractivity contribution >= 4 is 45.8 Å². The molecule has 2 amide bonds. The van der Waals surface area contributed by atoms with Crippen LogP contribution in [-0.2, 0) is 25.7 Å². The van der Waals surface area contributed by atoms with Crippen molar-refractivity contribution in [1.82, 2.24) is 4.90 Å². The molecule has 0 N–H and O–H groups in total. The molecule has 1 aliphatic rings. The summed E-state index contributed by atoms with van der Waals surface area (Å²) in [5.74, 6) is -1.89. The first-order valence-electron chi connectivity index (χ1n) is 9.80. The molecule has 1 aliphatic heterocycles. The summed E-state index contributed by atoms with van der Waals surface area (Å²) >= 11 is 3.35. The van der Waals surface area contributed by atoms with Crippen molar-refractivity contribution in [2.24, 2.45) is 0 Å². The van der Waals surface area contributed by atoms with Crippen molar-refractivity contribution in [2.75, 3.05) is 13.7 Å². The lowest BCUT2D eigenvalue weighted by molar-refractivity contribution is -0.136. The van der Waals surface area contributed by atoms with E-state index in [1.165, 1.54) is 38.3 Å². The van der Waals surface area contributed by atoms with Gasteiger partial charge in [-0.05, 0) is 29.3 Å². The standard InChI is InChI=1S/C24H20BrNO7/c1-15(27)33-20-13-19(31-2)12-17(4-3-11-26-21(28)9-10-22(26)29)23(20)24(30)32-14-16-5-7-18(25)8-6-16/h3-10,12-13H,11,14H2,1-2H3/b4-3+. The third kappa shape index (κ3) is 6.17. The first-order valence-corrected chi connectivity index (χ1v) is 10.6. The van der Waals surface area contributed by atoms with Gasteiger partial charge in [0.1, 0.15) is 23.7 Å². The highest BCUT2D eigenvalue weighted by molar-refractivity contribution is 9.10. The summed E-state index contributed by atoms with van der Waals surface area (Å²) in [6.07, 6.45) is 5.45. The zero-order valence-electron chi connectivity index (χ0n) is 17.9. The summed E-state index contributed by atoms with van der Waals surface area (Å²) in [5, 5.41) is 0.